The molecular formula is C52H29N3O2S. The Morgan fingerprint density at radius 1 is 0.466 bits per heavy atom. The Kier molecular flexibility index (Phi) is 6.54. The summed E-state index contributed by atoms with van der Waals surface area (Å²) in [5, 5.41) is 11.5. The van der Waals surface area contributed by atoms with Crippen LogP contribution in [0.4, 0.5) is 0 Å². The first-order valence-electron chi connectivity index (χ1n) is 19.4. The van der Waals surface area contributed by atoms with Crippen LogP contribution in [-0.4, -0.2) is 14.5 Å². The number of nitrogens with zero attached hydrogens (tertiary/aromatic N) is 3. The zero-order chi connectivity index (χ0) is 37.9. The number of aromatic nitrogens is 3. The summed E-state index contributed by atoms with van der Waals surface area (Å²) in [5.74, 6) is 2.52. The molecule has 0 aliphatic heterocycles. The molecule has 0 bridgehead atoms. The molecule has 0 amide bonds. The first kappa shape index (κ1) is 31.6. The van der Waals surface area contributed by atoms with Crippen molar-refractivity contribution in [2.45, 2.75) is 0 Å². The Labute approximate surface area is 334 Å². The largest absolute Gasteiger partial charge is 0.453 e. The van der Waals surface area contributed by atoms with Crippen molar-refractivity contribution < 1.29 is 8.83 Å². The van der Waals surface area contributed by atoms with Gasteiger partial charge in [-0.05, 0) is 58.3 Å². The molecule has 0 saturated carbocycles. The highest BCUT2D eigenvalue weighted by Crippen LogP contribution is 2.49. The summed E-state index contributed by atoms with van der Waals surface area (Å²) in [7, 11) is 0. The first-order valence-corrected chi connectivity index (χ1v) is 20.2. The summed E-state index contributed by atoms with van der Waals surface area (Å²) < 4.78 is 18.0. The highest BCUT2D eigenvalue weighted by Gasteiger charge is 2.26. The van der Waals surface area contributed by atoms with Gasteiger partial charge in [0.1, 0.15) is 11.3 Å². The molecule has 58 heavy (non-hydrogen) atoms. The van der Waals surface area contributed by atoms with Gasteiger partial charge in [-0.3, -0.25) is 4.57 Å². The molecule has 13 rings (SSSR count). The van der Waals surface area contributed by atoms with Crippen LogP contribution in [0.1, 0.15) is 0 Å². The average molecular weight is 760 g/mol. The predicted octanol–water partition coefficient (Wildman–Crippen LogP) is 14.7. The van der Waals surface area contributed by atoms with Crippen molar-refractivity contribution >= 4 is 96.9 Å². The molecule has 0 aliphatic carbocycles. The molecule has 0 atom stereocenters. The third kappa shape index (κ3) is 4.46. The predicted molar refractivity (Wildman–Crippen MR) is 240 cm³/mol. The van der Waals surface area contributed by atoms with Crippen LogP contribution in [0.5, 0.6) is 0 Å². The monoisotopic (exact) mass is 759 g/mol. The molecule has 270 valence electrons. The standard InChI is InChI=1S/C52H29N3O2S/c1-2-14-31(15-3-1)41-27-28-43(56-41)50-53-51(47-37-19-7-10-23-42(37)57-52(47)54-50)55-40-22-9-6-18-36(40)45-46-38-20-8-11-24-44(38)58-49(46)39-29-32(25-26-35(39)48(45)55)34-21-12-16-30-13-4-5-17-33(30)34/h1-29H. The van der Waals surface area contributed by atoms with Gasteiger partial charge < -0.3 is 8.83 Å². The lowest BCUT2D eigenvalue weighted by Crippen LogP contribution is -2.02. The van der Waals surface area contributed by atoms with E-state index in [2.05, 4.69) is 120 Å². The molecule has 0 fully saturated rings. The minimum Gasteiger partial charge on any atom is -0.453 e. The van der Waals surface area contributed by atoms with Crippen molar-refractivity contribution in [3.05, 3.63) is 176 Å². The van der Waals surface area contributed by atoms with Gasteiger partial charge >= 0.3 is 0 Å². The Bertz CT molecular complexity index is 3810. The molecule has 0 aliphatic rings. The smallest absolute Gasteiger partial charge is 0.233 e. The maximum absolute atomic E-state index is 6.57. The van der Waals surface area contributed by atoms with Crippen LogP contribution in [0.25, 0.3) is 125 Å². The molecule has 5 heterocycles. The van der Waals surface area contributed by atoms with E-state index in [1.807, 2.05) is 72.0 Å². The highest BCUT2D eigenvalue weighted by molar-refractivity contribution is 7.27. The van der Waals surface area contributed by atoms with E-state index in [4.69, 9.17) is 18.8 Å². The summed E-state index contributed by atoms with van der Waals surface area (Å²) >= 11 is 1.87. The molecule has 8 aromatic carbocycles. The molecule has 0 N–H and O–H groups in total. The third-order valence-electron chi connectivity index (χ3n) is 11.7. The van der Waals surface area contributed by atoms with Crippen LogP contribution < -0.4 is 0 Å². The van der Waals surface area contributed by atoms with Crippen LogP contribution in [0.2, 0.25) is 0 Å². The van der Waals surface area contributed by atoms with E-state index < -0.39 is 0 Å². The fourth-order valence-corrected chi connectivity index (χ4v) is 10.4. The number of fused-ring (bicyclic) bond motifs is 14. The van der Waals surface area contributed by atoms with E-state index in [0.29, 0.717) is 17.3 Å². The van der Waals surface area contributed by atoms with Crippen molar-refractivity contribution in [3.8, 4) is 39.9 Å². The average Bonchev–Trinajstić information content (AvgIpc) is 4.08. The second-order valence-electron chi connectivity index (χ2n) is 14.8. The lowest BCUT2D eigenvalue weighted by molar-refractivity contribution is 0.590. The summed E-state index contributed by atoms with van der Waals surface area (Å²) in [6, 6.07) is 62.0. The maximum atomic E-state index is 6.57. The normalized spacial score (nSPS) is 12.1. The minimum absolute atomic E-state index is 0.458. The van der Waals surface area contributed by atoms with E-state index in [1.54, 1.807) is 0 Å². The van der Waals surface area contributed by atoms with Gasteiger partial charge in [-0.15, -0.1) is 11.3 Å². The number of para-hydroxylation sites is 2. The zero-order valence-electron chi connectivity index (χ0n) is 30.8. The molecule has 0 radical (unpaired) electrons. The fourth-order valence-electron chi connectivity index (χ4n) is 9.13. The second kappa shape index (κ2) is 12.0. The molecule has 6 heteroatoms. The van der Waals surface area contributed by atoms with E-state index in [9.17, 15) is 0 Å². The lowest BCUT2D eigenvalue weighted by atomic mass is 9.94. The van der Waals surface area contributed by atoms with Crippen LogP contribution in [0.15, 0.2) is 185 Å². The quantitative estimate of drug-likeness (QED) is 0.179. The third-order valence-corrected chi connectivity index (χ3v) is 12.9. The number of rotatable bonds is 4. The van der Waals surface area contributed by atoms with Gasteiger partial charge in [-0.2, -0.15) is 4.98 Å². The summed E-state index contributed by atoms with van der Waals surface area (Å²) in [4.78, 5) is 10.5. The van der Waals surface area contributed by atoms with Gasteiger partial charge in [0, 0.05) is 52.7 Å². The topological polar surface area (TPSA) is 57.0 Å². The Balaban J connectivity index is 1.19. The fraction of sp³-hybridized carbons (Fsp3) is 0. The van der Waals surface area contributed by atoms with Crippen LogP contribution in [0.3, 0.4) is 0 Å². The van der Waals surface area contributed by atoms with E-state index in [-0.39, 0.29) is 0 Å². The van der Waals surface area contributed by atoms with Gasteiger partial charge in [0.25, 0.3) is 0 Å². The van der Waals surface area contributed by atoms with Crippen molar-refractivity contribution in [2.75, 3.05) is 0 Å². The van der Waals surface area contributed by atoms with Crippen LogP contribution in [-0.2, 0) is 0 Å². The van der Waals surface area contributed by atoms with E-state index in [0.717, 1.165) is 55.3 Å². The molecule has 5 nitrogen and oxygen atoms in total. The number of hydrogen-bond acceptors (Lipinski definition) is 5. The van der Waals surface area contributed by atoms with Gasteiger partial charge in [-0.25, -0.2) is 4.98 Å². The molecule has 0 unspecified atom stereocenters. The van der Waals surface area contributed by atoms with Crippen molar-refractivity contribution in [3.63, 3.8) is 0 Å². The Morgan fingerprint density at radius 3 is 2.12 bits per heavy atom. The van der Waals surface area contributed by atoms with Gasteiger partial charge in [0.05, 0.1) is 16.4 Å². The zero-order valence-corrected chi connectivity index (χ0v) is 31.6. The van der Waals surface area contributed by atoms with Gasteiger partial charge in [0.2, 0.25) is 11.5 Å². The van der Waals surface area contributed by atoms with Crippen molar-refractivity contribution in [1.82, 2.24) is 14.5 Å². The summed E-state index contributed by atoms with van der Waals surface area (Å²) in [6.07, 6.45) is 0. The molecule has 0 spiro atoms. The number of hydrogen-bond donors (Lipinski definition) is 0. The number of benzene rings is 8. The van der Waals surface area contributed by atoms with Crippen LogP contribution in [0, 0.1) is 0 Å². The second-order valence-corrected chi connectivity index (χ2v) is 15.9. The molecule has 5 aromatic heterocycles. The number of furan rings is 2. The van der Waals surface area contributed by atoms with Crippen molar-refractivity contribution in [2.24, 2.45) is 0 Å². The molecule has 0 saturated heterocycles. The Morgan fingerprint density at radius 2 is 1.21 bits per heavy atom. The SMILES string of the molecule is c1ccc(-c2ccc(-c3nc(-n4c5ccccc5c5c6c7ccccc7sc6c6cc(-c7cccc8ccccc78)ccc6c54)c4c(n3)oc3ccccc34)o2)cc1. The highest BCUT2D eigenvalue weighted by atomic mass is 32.1. The molecule has 13 aromatic rings. The Hall–Kier alpha value is -7.54. The lowest BCUT2D eigenvalue weighted by Gasteiger charge is -2.13. The summed E-state index contributed by atoms with van der Waals surface area (Å²) in [5.41, 5.74) is 6.81. The van der Waals surface area contributed by atoms with E-state index >= 15 is 0 Å². The number of thiophene rings is 1. The molecular weight excluding hydrogens is 731 g/mol. The maximum Gasteiger partial charge on any atom is 0.233 e. The van der Waals surface area contributed by atoms with Crippen LogP contribution >= 0.6 is 11.3 Å². The first-order chi connectivity index (χ1) is 28.8. The van der Waals surface area contributed by atoms with Gasteiger partial charge in [0.15, 0.2) is 11.6 Å². The minimum atomic E-state index is 0.458. The van der Waals surface area contributed by atoms with Gasteiger partial charge in [-0.1, -0.05) is 140 Å². The van der Waals surface area contributed by atoms with Crippen molar-refractivity contribution in [1.29, 1.82) is 0 Å². The summed E-state index contributed by atoms with van der Waals surface area (Å²) in [6.45, 7) is 0. The van der Waals surface area contributed by atoms with E-state index in [1.165, 1.54) is 52.8 Å².